The predicted octanol–water partition coefficient (Wildman–Crippen LogP) is 3.18. The molecule has 0 spiro atoms. The summed E-state index contributed by atoms with van der Waals surface area (Å²) in [6.07, 6.45) is -0.366. The van der Waals surface area contributed by atoms with E-state index >= 15 is 0 Å². The van der Waals surface area contributed by atoms with E-state index in [4.69, 9.17) is 9.47 Å². The summed E-state index contributed by atoms with van der Waals surface area (Å²) < 4.78 is 10.6. The normalized spacial score (nSPS) is 13.8. The number of ether oxygens (including phenoxy) is 2. The Morgan fingerprint density at radius 1 is 0.926 bits per heavy atom. The molecule has 2 aromatic rings. The molecule has 1 N–H and O–H groups in total. The summed E-state index contributed by atoms with van der Waals surface area (Å²) in [6.45, 7) is 2.23. The number of amides is 3. The van der Waals surface area contributed by atoms with Crippen molar-refractivity contribution in [3.05, 3.63) is 60.2 Å². The number of carbonyl (C=O) groups excluding carboxylic acids is 2. The number of benzene rings is 2. The van der Waals surface area contributed by atoms with Gasteiger partial charge in [0.15, 0.2) is 0 Å². The maximum Gasteiger partial charge on any atom is 0.409 e. The first kappa shape index (κ1) is 18.6. The van der Waals surface area contributed by atoms with E-state index < -0.39 is 0 Å². The first-order chi connectivity index (χ1) is 13.2. The molecule has 0 aliphatic carbocycles. The molecule has 1 aliphatic rings. The number of carbonyl (C=O) groups is 2. The largest absolute Gasteiger partial charge is 0.487 e. The summed E-state index contributed by atoms with van der Waals surface area (Å²) in [7, 11) is 1.35. The minimum absolute atomic E-state index is 0.213. The van der Waals surface area contributed by atoms with E-state index in [0.717, 1.165) is 5.56 Å². The van der Waals surface area contributed by atoms with Gasteiger partial charge >= 0.3 is 12.1 Å². The topological polar surface area (TPSA) is 71.1 Å². The highest BCUT2D eigenvalue weighted by Crippen LogP contribution is 2.25. The van der Waals surface area contributed by atoms with Gasteiger partial charge in [0.25, 0.3) is 0 Å². The fraction of sp³-hybridized carbons (Fsp3) is 0.300. The second-order valence-electron chi connectivity index (χ2n) is 6.14. The number of hydrogen-bond acceptors (Lipinski definition) is 4. The van der Waals surface area contributed by atoms with Crippen LogP contribution in [0.2, 0.25) is 0 Å². The number of methoxy groups -OCH3 is 1. The molecule has 27 heavy (non-hydrogen) atoms. The SMILES string of the molecule is COC(=O)N1CCN(C(=O)Nc2ccccc2OCc2ccccc2)CC1. The third-order valence-corrected chi connectivity index (χ3v) is 4.37. The molecule has 2 aromatic carbocycles. The Morgan fingerprint density at radius 2 is 1.56 bits per heavy atom. The smallest absolute Gasteiger partial charge is 0.409 e. The average Bonchev–Trinajstić information content (AvgIpc) is 2.73. The standard InChI is InChI=1S/C20H23N3O4/c1-26-20(25)23-13-11-22(12-14-23)19(24)21-17-9-5-6-10-18(17)27-15-16-7-3-2-4-8-16/h2-10H,11-15H2,1H3,(H,21,24). The minimum atomic E-state index is -0.366. The van der Waals surface area contributed by atoms with Crippen LogP contribution < -0.4 is 10.1 Å². The Balaban J connectivity index is 1.57. The molecule has 0 bridgehead atoms. The van der Waals surface area contributed by atoms with Crippen molar-refractivity contribution in [1.29, 1.82) is 0 Å². The van der Waals surface area contributed by atoms with E-state index in [1.54, 1.807) is 9.80 Å². The van der Waals surface area contributed by atoms with Gasteiger partial charge in [-0.25, -0.2) is 9.59 Å². The lowest BCUT2D eigenvalue weighted by molar-refractivity contribution is 0.0992. The molecule has 0 radical (unpaired) electrons. The van der Waals surface area contributed by atoms with Crippen molar-refractivity contribution in [2.75, 3.05) is 38.6 Å². The first-order valence-corrected chi connectivity index (χ1v) is 8.82. The Labute approximate surface area is 158 Å². The summed E-state index contributed by atoms with van der Waals surface area (Å²) in [5, 5.41) is 2.90. The van der Waals surface area contributed by atoms with E-state index in [1.165, 1.54) is 7.11 Å². The Hall–Kier alpha value is -3.22. The monoisotopic (exact) mass is 369 g/mol. The quantitative estimate of drug-likeness (QED) is 0.899. The van der Waals surface area contributed by atoms with Crippen LogP contribution in [0.15, 0.2) is 54.6 Å². The van der Waals surface area contributed by atoms with Crippen LogP contribution in [0, 0.1) is 0 Å². The second kappa shape index (κ2) is 8.93. The maximum atomic E-state index is 12.6. The third-order valence-electron chi connectivity index (χ3n) is 4.37. The van der Waals surface area contributed by atoms with Crippen molar-refractivity contribution in [2.24, 2.45) is 0 Å². The summed E-state index contributed by atoms with van der Waals surface area (Å²) in [5.74, 6) is 0.614. The lowest BCUT2D eigenvalue weighted by Crippen LogP contribution is -2.51. The van der Waals surface area contributed by atoms with Gasteiger partial charge < -0.3 is 24.6 Å². The lowest BCUT2D eigenvalue weighted by Gasteiger charge is -2.33. The van der Waals surface area contributed by atoms with Gasteiger partial charge in [0.1, 0.15) is 12.4 Å². The maximum absolute atomic E-state index is 12.6. The number of rotatable bonds is 4. The number of hydrogen-bond donors (Lipinski definition) is 1. The van der Waals surface area contributed by atoms with Crippen molar-refractivity contribution < 1.29 is 19.1 Å². The number of nitrogens with zero attached hydrogens (tertiary/aromatic N) is 2. The molecule has 1 fully saturated rings. The Kier molecular flexibility index (Phi) is 6.14. The molecule has 1 aliphatic heterocycles. The van der Waals surface area contributed by atoms with Crippen molar-refractivity contribution in [3.63, 3.8) is 0 Å². The molecule has 1 heterocycles. The van der Waals surface area contributed by atoms with E-state index in [0.29, 0.717) is 44.2 Å². The molecule has 0 unspecified atom stereocenters. The van der Waals surface area contributed by atoms with Gasteiger partial charge in [0.2, 0.25) is 0 Å². The van der Waals surface area contributed by atoms with Crippen molar-refractivity contribution in [1.82, 2.24) is 9.80 Å². The van der Waals surface area contributed by atoms with Crippen LogP contribution in [0.1, 0.15) is 5.56 Å². The Morgan fingerprint density at radius 3 is 2.26 bits per heavy atom. The molecule has 0 atom stereocenters. The molecule has 3 amide bonds. The molecule has 0 aromatic heterocycles. The van der Waals surface area contributed by atoms with Crippen LogP contribution >= 0.6 is 0 Å². The van der Waals surface area contributed by atoms with E-state index in [9.17, 15) is 9.59 Å². The highest BCUT2D eigenvalue weighted by atomic mass is 16.5. The zero-order chi connectivity index (χ0) is 19.1. The summed E-state index contributed by atoms with van der Waals surface area (Å²) in [6, 6.07) is 17.0. The molecular formula is C20H23N3O4. The van der Waals surface area contributed by atoms with Crippen molar-refractivity contribution in [2.45, 2.75) is 6.61 Å². The number of urea groups is 1. The molecule has 3 rings (SSSR count). The van der Waals surface area contributed by atoms with Crippen LogP contribution in [-0.4, -0.2) is 55.2 Å². The zero-order valence-electron chi connectivity index (χ0n) is 15.3. The van der Waals surface area contributed by atoms with Crippen LogP contribution in [0.4, 0.5) is 15.3 Å². The molecule has 7 nitrogen and oxygen atoms in total. The van der Waals surface area contributed by atoms with E-state index in [2.05, 4.69) is 5.32 Å². The fourth-order valence-corrected chi connectivity index (χ4v) is 2.85. The summed E-state index contributed by atoms with van der Waals surface area (Å²) >= 11 is 0. The van der Waals surface area contributed by atoms with E-state index in [-0.39, 0.29) is 12.1 Å². The third kappa shape index (κ3) is 4.91. The van der Waals surface area contributed by atoms with E-state index in [1.807, 2.05) is 54.6 Å². The van der Waals surface area contributed by atoms with Gasteiger partial charge in [-0.1, -0.05) is 42.5 Å². The highest BCUT2D eigenvalue weighted by Gasteiger charge is 2.24. The van der Waals surface area contributed by atoms with Crippen LogP contribution in [0.25, 0.3) is 0 Å². The van der Waals surface area contributed by atoms with Crippen molar-refractivity contribution in [3.8, 4) is 5.75 Å². The van der Waals surface area contributed by atoms with Gasteiger partial charge in [0, 0.05) is 26.2 Å². The summed E-state index contributed by atoms with van der Waals surface area (Å²) in [4.78, 5) is 27.4. The number of anilines is 1. The lowest BCUT2D eigenvalue weighted by atomic mass is 10.2. The number of nitrogens with one attached hydrogen (secondary N) is 1. The summed E-state index contributed by atoms with van der Waals surface area (Å²) in [5.41, 5.74) is 1.67. The van der Waals surface area contributed by atoms with Gasteiger partial charge in [0.05, 0.1) is 12.8 Å². The molecule has 1 saturated heterocycles. The highest BCUT2D eigenvalue weighted by molar-refractivity contribution is 5.91. The number of piperazine rings is 1. The fourth-order valence-electron chi connectivity index (χ4n) is 2.85. The van der Waals surface area contributed by atoms with Gasteiger partial charge in [-0.15, -0.1) is 0 Å². The average molecular weight is 369 g/mol. The van der Waals surface area contributed by atoms with Crippen LogP contribution in [0.5, 0.6) is 5.75 Å². The number of para-hydroxylation sites is 2. The zero-order valence-corrected chi connectivity index (χ0v) is 15.3. The van der Waals surface area contributed by atoms with Gasteiger partial charge in [-0.05, 0) is 17.7 Å². The first-order valence-electron chi connectivity index (χ1n) is 8.82. The molecular weight excluding hydrogens is 346 g/mol. The van der Waals surface area contributed by atoms with Crippen molar-refractivity contribution >= 4 is 17.8 Å². The molecule has 7 heteroatoms. The second-order valence-corrected chi connectivity index (χ2v) is 6.14. The van der Waals surface area contributed by atoms with Crippen LogP contribution in [0.3, 0.4) is 0 Å². The van der Waals surface area contributed by atoms with Gasteiger partial charge in [-0.3, -0.25) is 0 Å². The molecule has 0 saturated carbocycles. The van der Waals surface area contributed by atoms with Gasteiger partial charge in [-0.2, -0.15) is 0 Å². The predicted molar refractivity (Wildman–Crippen MR) is 102 cm³/mol. The van der Waals surface area contributed by atoms with Crippen LogP contribution in [-0.2, 0) is 11.3 Å². The minimum Gasteiger partial charge on any atom is -0.487 e. The molecule has 142 valence electrons. The Bertz CT molecular complexity index is 774.